The molecule has 0 unspecified atom stereocenters. The summed E-state index contributed by atoms with van der Waals surface area (Å²) in [6.07, 6.45) is 0.956. The molecule has 0 saturated carbocycles. The highest BCUT2D eigenvalue weighted by Gasteiger charge is 2.11. The Bertz CT molecular complexity index is 650. The summed E-state index contributed by atoms with van der Waals surface area (Å²) in [4.78, 5) is 17.7. The van der Waals surface area contributed by atoms with Gasteiger partial charge in [0.2, 0.25) is 0 Å². The van der Waals surface area contributed by atoms with Crippen LogP contribution in [0.2, 0.25) is 0 Å². The van der Waals surface area contributed by atoms with Gasteiger partial charge in [0.1, 0.15) is 5.69 Å². The SMILES string of the molecule is O=C(NCCCN1CCOCC1)c1cc2cc(Br)ccc2[nH]1. The maximum atomic E-state index is 12.2. The molecule has 2 aromatic rings. The van der Waals surface area contributed by atoms with Gasteiger partial charge in [0.05, 0.1) is 13.2 Å². The number of amides is 1. The highest BCUT2D eigenvalue weighted by molar-refractivity contribution is 9.10. The van der Waals surface area contributed by atoms with Crippen molar-refractivity contribution in [2.75, 3.05) is 39.4 Å². The van der Waals surface area contributed by atoms with Crippen LogP contribution in [0.5, 0.6) is 0 Å². The van der Waals surface area contributed by atoms with Gasteiger partial charge >= 0.3 is 0 Å². The van der Waals surface area contributed by atoms with Gasteiger partial charge in [-0.25, -0.2) is 0 Å². The van der Waals surface area contributed by atoms with Crippen LogP contribution in [0.15, 0.2) is 28.7 Å². The Hall–Kier alpha value is -1.37. The van der Waals surface area contributed by atoms with Crippen molar-refractivity contribution in [2.24, 2.45) is 0 Å². The first-order chi connectivity index (χ1) is 10.7. The van der Waals surface area contributed by atoms with Gasteiger partial charge in [-0.05, 0) is 37.2 Å². The fourth-order valence-corrected chi connectivity index (χ4v) is 3.03. The Morgan fingerprint density at radius 2 is 2.14 bits per heavy atom. The Morgan fingerprint density at radius 3 is 2.95 bits per heavy atom. The van der Waals surface area contributed by atoms with E-state index in [-0.39, 0.29) is 5.91 Å². The molecule has 2 N–H and O–H groups in total. The molecule has 0 spiro atoms. The lowest BCUT2D eigenvalue weighted by Gasteiger charge is -2.26. The van der Waals surface area contributed by atoms with E-state index < -0.39 is 0 Å². The van der Waals surface area contributed by atoms with Crippen LogP contribution >= 0.6 is 15.9 Å². The Morgan fingerprint density at radius 1 is 1.32 bits per heavy atom. The summed E-state index contributed by atoms with van der Waals surface area (Å²) in [7, 11) is 0. The molecule has 0 bridgehead atoms. The van der Waals surface area contributed by atoms with Gasteiger partial charge in [0.15, 0.2) is 0 Å². The van der Waals surface area contributed by atoms with Crippen molar-refractivity contribution in [1.29, 1.82) is 0 Å². The fourth-order valence-electron chi connectivity index (χ4n) is 2.65. The van der Waals surface area contributed by atoms with Crippen LogP contribution in [0.25, 0.3) is 10.9 Å². The van der Waals surface area contributed by atoms with Crippen LogP contribution in [0.3, 0.4) is 0 Å². The first kappa shape index (κ1) is 15.5. The molecule has 2 heterocycles. The zero-order valence-corrected chi connectivity index (χ0v) is 14.0. The number of hydrogen-bond acceptors (Lipinski definition) is 3. The largest absolute Gasteiger partial charge is 0.379 e. The number of fused-ring (bicyclic) bond motifs is 1. The Labute approximate surface area is 138 Å². The molecule has 118 valence electrons. The lowest BCUT2D eigenvalue weighted by atomic mass is 10.2. The molecule has 0 atom stereocenters. The Balaban J connectivity index is 1.48. The lowest BCUT2D eigenvalue weighted by molar-refractivity contribution is 0.0374. The monoisotopic (exact) mass is 365 g/mol. The summed E-state index contributed by atoms with van der Waals surface area (Å²) >= 11 is 3.44. The van der Waals surface area contributed by atoms with Gasteiger partial charge in [0.25, 0.3) is 5.91 Å². The molecule has 0 aliphatic carbocycles. The topological polar surface area (TPSA) is 57.4 Å². The molecule has 1 aromatic carbocycles. The van der Waals surface area contributed by atoms with Crippen LogP contribution in [0, 0.1) is 0 Å². The second kappa shape index (κ2) is 7.26. The van der Waals surface area contributed by atoms with Crippen molar-refractivity contribution in [3.8, 4) is 0 Å². The molecule has 1 fully saturated rings. The number of ether oxygens (including phenoxy) is 1. The molecule has 3 rings (SSSR count). The molecule has 0 radical (unpaired) electrons. The second-order valence-electron chi connectivity index (χ2n) is 5.48. The molecule has 1 aromatic heterocycles. The minimum absolute atomic E-state index is 0.0469. The van der Waals surface area contributed by atoms with E-state index in [4.69, 9.17) is 4.74 Å². The van der Waals surface area contributed by atoms with Crippen molar-refractivity contribution in [1.82, 2.24) is 15.2 Å². The number of rotatable bonds is 5. The predicted molar refractivity (Wildman–Crippen MR) is 90.2 cm³/mol. The standard InChI is InChI=1S/C16H20BrN3O2/c17-13-2-3-14-12(10-13)11-15(19-14)16(21)18-4-1-5-20-6-8-22-9-7-20/h2-3,10-11,19H,1,4-9H2,(H,18,21). The summed E-state index contributed by atoms with van der Waals surface area (Å²) in [5, 5.41) is 4.01. The van der Waals surface area contributed by atoms with Gasteiger partial charge in [-0.1, -0.05) is 15.9 Å². The van der Waals surface area contributed by atoms with Crippen molar-refractivity contribution in [3.63, 3.8) is 0 Å². The zero-order chi connectivity index (χ0) is 15.4. The number of nitrogens with zero attached hydrogens (tertiary/aromatic N) is 1. The maximum Gasteiger partial charge on any atom is 0.267 e. The van der Waals surface area contributed by atoms with Gasteiger partial charge in [0, 0.05) is 35.0 Å². The second-order valence-corrected chi connectivity index (χ2v) is 6.39. The highest BCUT2D eigenvalue weighted by atomic mass is 79.9. The van der Waals surface area contributed by atoms with Crippen LogP contribution in [-0.2, 0) is 4.74 Å². The number of benzene rings is 1. The normalized spacial score (nSPS) is 16.0. The molecule has 6 heteroatoms. The highest BCUT2D eigenvalue weighted by Crippen LogP contribution is 2.20. The molecular formula is C16H20BrN3O2. The van der Waals surface area contributed by atoms with Gasteiger partial charge in [-0.3, -0.25) is 9.69 Å². The summed E-state index contributed by atoms with van der Waals surface area (Å²) in [5.41, 5.74) is 1.58. The summed E-state index contributed by atoms with van der Waals surface area (Å²) in [6, 6.07) is 7.82. The molecule has 1 saturated heterocycles. The number of aromatic nitrogens is 1. The average Bonchev–Trinajstić information content (AvgIpc) is 2.95. The van der Waals surface area contributed by atoms with Crippen molar-refractivity contribution >= 4 is 32.7 Å². The third-order valence-corrected chi connectivity index (χ3v) is 4.36. The number of carbonyl (C=O) groups excluding carboxylic acids is 1. The number of hydrogen-bond donors (Lipinski definition) is 2. The Kier molecular flexibility index (Phi) is 5.12. The summed E-state index contributed by atoms with van der Waals surface area (Å²) in [6.45, 7) is 5.31. The van der Waals surface area contributed by atoms with Crippen molar-refractivity contribution in [2.45, 2.75) is 6.42 Å². The van der Waals surface area contributed by atoms with E-state index in [9.17, 15) is 4.79 Å². The third-order valence-electron chi connectivity index (χ3n) is 3.87. The van der Waals surface area contributed by atoms with E-state index in [0.717, 1.165) is 54.6 Å². The molecule has 1 aliphatic rings. The van der Waals surface area contributed by atoms with Gasteiger partial charge in [-0.2, -0.15) is 0 Å². The first-order valence-electron chi connectivity index (χ1n) is 7.59. The van der Waals surface area contributed by atoms with E-state index in [1.165, 1.54) is 0 Å². The maximum absolute atomic E-state index is 12.2. The molecule has 5 nitrogen and oxygen atoms in total. The molecule has 1 aliphatic heterocycles. The number of halogens is 1. The van der Waals surface area contributed by atoms with E-state index in [2.05, 4.69) is 31.1 Å². The smallest absolute Gasteiger partial charge is 0.267 e. The molecular weight excluding hydrogens is 346 g/mol. The molecule has 22 heavy (non-hydrogen) atoms. The molecule has 1 amide bonds. The number of aromatic amines is 1. The average molecular weight is 366 g/mol. The van der Waals surface area contributed by atoms with Crippen LogP contribution in [-0.4, -0.2) is 55.2 Å². The van der Waals surface area contributed by atoms with Crippen molar-refractivity contribution in [3.05, 3.63) is 34.4 Å². The van der Waals surface area contributed by atoms with E-state index >= 15 is 0 Å². The minimum atomic E-state index is -0.0469. The van der Waals surface area contributed by atoms with E-state index in [1.807, 2.05) is 24.3 Å². The van der Waals surface area contributed by atoms with Gasteiger partial charge in [-0.15, -0.1) is 0 Å². The predicted octanol–water partition coefficient (Wildman–Crippen LogP) is 2.38. The third kappa shape index (κ3) is 3.88. The van der Waals surface area contributed by atoms with Crippen LogP contribution in [0.1, 0.15) is 16.9 Å². The number of H-pyrrole nitrogens is 1. The minimum Gasteiger partial charge on any atom is -0.379 e. The first-order valence-corrected chi connectivity index (χ1v) is 8.38. The number of carbonyl (C=O) groups is 1. The van der Waals surface area contributed by atoms with Crippen LogP contribution < -0.4 is 5.32 Å². The lowest BCUT2D eigenvalue weighted by Crippen LogP contribution is -2.38. The van der Waals surface area contributed by atoms with Crippen LogP contribution in [0.4, 0.5) is 0 Å². The fraction of sp³-hybridized carbons (Fsp3) is 0.438. The summed E-state index contributed by atoms with van der Waals surface area (Å²) in [5.74, 6) is -0.0469. The van der Waals surface area contributed by atoms with Crippen molar-refractivity contribution < 1.29 is 9.53 Å². The van der Waals surface area contributed by atoms with E-state index in [1.54, 1.807) is 0 Å². The van der Waals surface area contributed by atoms with Gasteiger partial charge < -0.3 is 15.0 Å². The summed E-state index contributed by atoms with van der Waals surface area (Å²) < 4.78 is 6.33. The number of nitrogens with one attached hydrogen (secondary N) is 2. The number of morpholine rings is 1. The van der Waals surface area contributed by atoms with E-state index in [0.29, 0.717) is 12.2 Å². The zero-order valence-electron chi connectivity index (χ0n) is 12.4. The quantitative estimate of drug-likeness (QED) is 0.799.